The number of furan rings is 1. The lowest BCUT2D eigenvalue weighted by Crippen LogP contribution is -2.30. The SMILES string of the molecule is Cc1oc(CN(C)Cc2nccn2C)cc1C(=O)NN. The second kappa shape index (κ2) is 5.89. The lowest BCUT2D eigenvalue weighted by molar-refractivity contribution is 0.0952. The van der Waals surface area contributed by atoms with Gasteiger partial charge in [0, 0.05) is 19.4 Å². The molecular formula is C13H19N5O2. The van der Waals surface area contributed by atoms with E-state index in [1.807, 2.05) is 24.9 Å². The molecule has 0 spiro atoms. The van der Waals surface area contributed by atoms with Crippen molar-refractivity contribution >= 4 is 5.91 Å². The number of rotatable bonds is 5. The van der Waals surface area contributed by atoms with Crippen LogP contribution < -0.4 is 11.3 Å². The molecule has 0 aromatic carbocycles. The molecule has 0 radical (unpaired) electrons. The average Bonchev–Trinajstić information content (AvgIpc) is 2.95. The molecule has 0 fully saturated rings. The van der Waals surface area contributed by atoms with E-state index in [9.17, 15) is 4.79 Å². The summed E-state index contributed by atoms with van der Waals surface area (Å²) in [6.45, 7) is 3.03. The van der Waals surface area contributed by atoms with E-state index in [-0.39, 0.29) is 5.91 Å². The number of nitrogens with one attached hydrogen (secondary N) is 1. The zero-order valence-electron chi connectivity index (χ0n) is 11.9. The van der Waals surface area contributed by atoms with E-state index in [1.54, 1.807) is 19.2 Å². The molecule has 108 valence electrons. The highest BCUT2D eigenvalue weighted by atomic mass is 16.3. The molecule has 0 bridgehead atoms. The van der Waals surface area contributed by atoms with Gasteiger partial charge < -0.3 is 8.98 Å². The monoisotopic (exact) mass is 277 g/mol. The fourth-order valence-corrected chi connectivity index (χ4v) is 2.04. The predicted molar refractivity (Wildman–Crippen MR) is 73.5 cm³/mol. The molecule has 0 aliphatic heterocycles. The first kappa shape index (κ1) is 14.3. The third kappa shape index (κ3) is 3.06. The Labute approximate surface area is 117 Å². The van der Waals surface area contributed by atoms with Crippen LogP contribution in [0, 0.1) is 6.92 Å². The summed E-state index contributed by atoms with van der Waals surface area (Å²) in [7, 11) is 3.92. The van der Waals surface area contributed by atoms with Crippen molar-refractivity contribution in [1.82, 2.24) is 19.9 Å². The second-order valence-corrected chi connectivity index (χ2v) is 4.78. The van der Waals surface area contributed by atoms with E-state index in [2.05, 4.69) is 15.3 Å². The Morgan fingerprint density at radius 3 is 2.90 bits per heavy atom. The summed E-state index contributed by atoms with van der Waals surface area (Å²) in [6, 6.07) is 1.71. The molecule has 2 heterocycles. The van der Waals surface area contributed by atoms with Crippen LogP contribution in [0.5, 0.6) is 0 Å². The number of aryl methyl sites for hydroxylation is 2. The number of hydrogen-bond donors (Lipinski definition) is 2. The van der Waals surface area contributed by atoms with Crippen molar-refractivity contribution in [2.45, 2.75) is 20.0 Å². The molecule has 2 aromatic heterocycles. The van der Waals surface area contributed by atoms with Crippen molar-refractivity contribution in [1.29, 1.82) is 0 Å². The predicted octanol–water partition coefficient (Wildman–Crippen LogP) is 0.557. The largest absolute Gasteiger partial charge is 0.464 e. The summed E-state index contributed by atoms with van der Waals surface area (Å²) in [4.78, 5) is 17.8. The summed E-state index contributed by atoms with van der Waals surface area (Å²) in [5.41, 5.74) is 2.57. The van der Waals surface area contributed by atoms with E-state index in [1.165, 1.54) is 0 Å². The maximum atomic E-state index is 11.5. The minimum atomic E-state index is -0.343. The van der Waals surface area contributed by atoms with Crippen LogP contribution >= 0.6 is 0 Å². The molecule has 2 aromatic rings. The van der Waals surface area contributed by atoms with Gasteiger partial charge in [-0.1, -0.05) is 0 Å². The van der Waals surface area contributed by atoms with Crippen LogP contribution in [0.2, 0.25) is 0 Å². The van der Waals surface area contributed by atoms with Crippen LogP contribution in [-0.2, 0) is 20.1 Å². The molecule has 0 unspecified atom stereocenters. The van der Waals surface area contributed by atoms with E-state index in [0.29, 0.717) is 24.4 Å². The Kier molecular flexibility index (Phi) is 4.21. The first-order valence-electron chi connectivity index (χ1n) is 6.26. The van der Waals surface area contributed by atoms with E-state index < -0.39 is 0 Å². The Balaban J connectivity index is 2.03. The molecule has 0 aliphatic carbocycles. The summed E-state index contributed by atoms with van der Waals surface area (Å²) in [5.74, 6) is 7.04. The van der Waals surface area contributed by atoms with Crippen molar-refractivity contribution < 1.29 is 9.21 Å². The maximum absolute atomic E-state index is 11.5. The number of carbonyl (C=O) groups is 1. The first-order chi connectivity index (χ1) is 9.51. The molecular weight excluding hydrogens is 258 g/mol. The number of amides is 1. The van der Waals surface area contributed by atoms with Crippen LogP contribution in [0.4, 0.5) is 0 Å². The van der Waals surface area contributed by atoms with Gasteiger partial charge in [0.1, 0.15) is 17.3 Å². The smallest absolute Gasteiger partial charge is 0.268 e. The molecule has 7 heteroatoms. The van der Waals surface area contributed by atoms with E-state index in [4.69, 9.17) is 10.3 Å². The fourth-order valence-electron chi connectivity index (χ4n) is 2.04. The highest BCUT2D eigenvalue weighted by Gasteiger charge is 2.15. The Hall–Kier alpha value is -2.12. The van der Waals surface area contributed by atoms with Gasteiger partial charge in [0.25, 0.3) is 5.91 Å². The van der Waals surface area contributed by atoms with Gasteiger partial charge in [-0.15, -0.1) is 0 Å². The zero-order chi connectivity index (χ0) is 14.7. The van der Waals surface area contributed by atoms with Crippen LogP contribution in [0.15, 0.2) is 22.9 Å². The van der Waals surface area contributed by atoms with Gasteiger partial charge in [-0.25, -0.2) is 10.8 Å². The number of hydrazine groups is 1. The van der Waals surface area contributed by atoms with Crippen LogP contribution in [0.3, 0.4) is 0 Å². The van der Waals surface area contributed by atoms with Gasteiger partial charge in [0.05, 0.1) is 18.7 Å². The molecule has 2 rings (SSSR count). The first-order valence-corrected chi connectivity index (χ1v) is 6.26. The Morgan fingerprint density at radius 1 is 1.55 bits per heavy atom. The summed E-state index contributed by atoms with van der Waals surface area (Å²) < 4.78 is 7.54. The minimum absolute atomic E-state index is 0.343. The van der Waals surface area contributed by atoms with Crippen LogP contribution in [-0.4, -0.2) is 27.4 Å². The number of nitrogens with zero attached hydrogens (tertiary/aromatic N) is 3. The number of aromatic nitrogens is 2. The lowest BCUT2D eigenvalue weighted by atomic mass is 10.2. The number of carbonyl (C=O) groups excluding carboxylic acids is 1. The zero-order valence-corrected chi connectivity index (χ0v) is 11.9. The van der Waals surface area contributed by atoms with Crippen LogP contribution in [0.25, 0.3) is 0 Å². The third-order valence-corrected chi connectivity index (χ3v) is 3.10. The molecule has 0 saturated heterocycles. The van der Waals surface area contributed by atoms with E-state index >= 15 is 0 Å². The van der Waals surface area contributed by atoms with Gasteiger partial charge in [-0.3, -0.25) is 15.1 Å². The lowest BCUT2D eigenvalue weighted by Gasteiger charge is -2.14. The molecule has 7 nitrogen and oxygen atoms in total. The summed E-state index contributed by atoms with van der Waals surface area (Å²) in [5, 5.41) is 0. The van der Waals surface area contributed by atoms with Crippen molar-refractivity contribution in [2.75, 3.05) is 7.05 Å². The normalized spacial score (nSPS) is 11.1. The number of nitrogen functional groups attached to an aromatic ring is 1. The van der Waals surface area contributed by atoms with Crippen LogP contribution in [0.1, 0.15) is 27.7 Å². The highest BCUT2D eigenvalue weighted by molar-refractivity contribution is 5.94. The van der Waals surface area contributed by atoms with Gasteiger partial charge >= 0.3 is 0 Å². The second-order valence-electron chi connectivity index (χ2n) is 4.78. The Morgan fingerprint density at radius 2 is 2.30 bits per heavy atom. The number of hydrogen-bond acceptors (Lipinski definition) is 5. The van der Waals surface area contributed by atoms with Gasteiger partial charge in [0.15, 0.2) is 0 Å². The topological polar surface area (TPSA) is 89.3 Å². The van der Waals surface area contributed by atoms with Gasteiger partial charge in [-0.2, -0.15) is 0 Å². The maximum Gasteiger partial charge on any atom is 0.268 e. The number of imidazole rings is 1. The Bertz CT molecular complexity index is 602. The minimum Gasteiger partial charge on any atom is -0.464 e. The van der Waals surface area contributed by atoms with Crippen molar-refractivity contribution in [3.63, 3.8) is 0 Å². The molecule has 0 aliphatic rings. The van der Waals surface area contributed by atoms with Crippen molar-refractivity contribution in [3.05, 3.63) is 41.4 Å². The van der Waals surface area contributed by atoms with Crippen molar-refractivity contribution in [3.8, 4) is 0 Å². The van der Waals surface area contributed by atoms with Gasteiger partial charge in [0.2, 0.25) is 0 Å². The molecule has 0 saturated carbocycles. The summed E-state index contributed by atoms with van der Waals surface area (Å²) >= 11 is 0. The van der Waals surface area contributed by atoms with Gasteiger partial charge in [-0.05, 0) is 20.0 Å². The summed E-state index contributed by atoms with van der Waals surface area (Å²) in [6.07, 6.45) is 3.67. The quantitative estimate of drug-likeness (QED) is 0.473. The fraction of sp³-hybridized carbons (Fsp3) is 0.385. The average molecular weight is 277 g/mol. The van der Waals surface area contributed by atoms with E-state index in [0.717, 1.165) is 11.6 Å². The molecule has 0 atom stereocenters. The molecule has 20 heavy (non-hydrogen) atoms. The third-order valence-electron chi connectivity index (χ3n) is 3.10. The number of nitrogens with two attached hydrogens (primary N) is 1. The molecule has 3 N–H and O–H groups in total. The highest BCUT2D eigenvalue weighted by Crippen LogP contribution is 2.16. The standard InChI is InChI=1S/C13H19N5O2/c1-9-11(13(19)16-14)6-10(20-9)7-17(2)8-12-15-4-5-18(12)3/h4-6H,7-8,14H2,1-3H3,(H,16,19). The molecule has 1 amide bonds. The van der Waals surface area contributed by atoms with Crippen molar-refractivity contribution in [2.24, 2.45) is 12.9 Å².